The molecule has 0 spiro atoms. The monoisotopic (exact) mass is 198 g/mol. The molecule has 0 radical (unpaired) electrons. The van der Waals surface area contributed by atoms with E-state index in [1.165, 1.54) is 19.2 Å². The van der Waals surface area contributed by atoms with Gasteiger partial charge in [0.05, 0.1) is 20.3 Å². The predicted octanol–water partition coefficient (Wildman–Crippen LogP) is 1.05. The van der Waals surface area contributed by atoms with Crippen LogP contribution >= 0.6 is 0 Å². The molecule has 76 valence electrons. The highest BCUT2D eigenvalue weighted by Crippen LogP contribution is 2.32. The fraction of sp³-hybridized carbons (Fsp3) is 0.400. The van der Waals surface area contributed by atoms with Gasteiger partial charge in [0.15, 0.2) is 11.6 Å². The maximum atomic E-state index is 13.0. The van der Waals surface area contributed by atoms with Crippen molar-refractivity contribution in [1.29, 1.82) is 0 Å². The molecule has 14 heavy (non-hydrogen) atoms. The zero-order valence-corrected chi connectivity index (χ0v) is 7.79. The van der Waals surface area contributed by atoms with E-state index >= 15 is 0 Å². The summed E-state index contributed by atoms with van der Waals surface area (Å²) in [6, 6.07) is 4.32. The van der Waals surface area contributed by atoms with Crippen LogP contribution in [0.3, 0.4) is 0 Å². The molecule has 1 saturated heterocycles. The van der Waals surface area contributed by atoms with Crippen LogP contribution in [0.4, 0.5) is 4.39 Å². The van der Waals surface area contributed by atoms with Crippen LogP contribution in [-0.2, 0) is 10.3 Å². The summed E-state index contributed by atoms with van der Waals surface area (Å²) in [5.74, 6) is -0.289. The highest BCUT2D eigenvalue weighted by atomic mass is 19.1. The van der Waals surface area contributed by atoms with Crippen LogP contribution in [-0.4, -0.2) is 25.4 Å². The quantitative estimate of drug-likeness (QED) is 0.772. The number of methoxy groups -OCH3 is 1. The van der Waals surface area contributed by atoms with Crippen LogP contribution in [0.5, 0.6) is 5.75 Å². The highest BCUT2D eigenvalue weighted by Gasteiger charge is 2.38. The van der Waals surface area contributed by atoms with E-state index in [1.54, 1.807) is 6.07 Å². The first-order chi connectivity index (χ1) is 6.65. The lowest BCUT2D eigenvalue weighted by Crippen LogP contribution is -2.46. The van der Waals surface area contributed by atoms with Crippen molar-refractivity contribution in [2.75, 3.05) is 20.3 Å². The molecule has 1 heterocycles. The SMILES string of the molecule is COc1cc(C2(O)COC2)ccc1F. The molecule has 0 aromatic heterocycles. The van der Waals surface area contributed by atoms with Gasteiger partial charge in [0.2, 0.25) is 0 Å². The van der Waals surface area contributed by atoms with Gasteiger partial charge in [-0.05, 0) is 17.7 Å². The van der Waals surface area contributed by atoms with Gasteiger partial charge in [-0.3, -0.25) is 0 Å². The molecule has 1 aliphatic heterocycles. The maximum Gasteiger partial charge on any atom is 0.165 e. The van der Waals surface area contributed by atoms with Crippen LogP contribution in [0.2, 0.25) is 0 Å². The van der Waals surface area contributed by atoms with Crippen molar-refractivity contribution in [3.8, 4) is 5.75 Å². The summed E-state index contributed by atoms with van der Waals surface area (Å²) < 4.78 is 22.8. The summed E-state index contributed by atoms with van der Waals surface area (Å²) in [7, 11) is 1.39. The zero-order valence-electron chi connectivity index (χ0n) is 7.79. The molecule has 3 nitrogen and oxygen atoms in total. The number of hydrogen-bond acceptors (Lipinski definition) is 3. The first-order valence-corrected chi connectivity index (χ1v) is 4.30. The summed E-state index contributed by atoms with van der Waals surface area (Å²) in [4.78, 5) is 0. The Bertz CT molecular complexity index is 347. The second kappa shape index (κ2) is 3.22. The largest absolute Gasteiger partial charge is 0.494 e. The topological polar surface area (TPSA) is 38.7 Å². The fourth-order valence-electron chi connectivity index (χ4n) is 1.41. The minimum Gasteiger partial charge on any atom is -0.494 e. The predicted molar refractivity (Wildman–Crippen MR) is 47.7 cm³/mol. The Kier molecular flexibility index (Phi) is 2.17. The molecule has 2 rings (SSSR count). The van der Waals surface area contributed by atoms with E-state index in [2.05, 4.69) is 0 Å². The Morgan fingerprint density at radius 1 is 1.50 bits per heavy atom. The Morgan fingerprint density at radius 3 is 2.71 bits per heavy atom. The van der Waals surface area contributed by atoms with E-state index in [0.29, 0.717) is 5.56 Å². The number of halogens is 1. The summed E-state index contributed by atoms with van der Waals surface area (Å²) in [6.45, 7) is 0.504. The van der Waals surface area contributed by atoms with Crippen LogP contribution in [0.15, 0.2) is 18.2 Å². The van der Waals surface area contributed by atoms with Crippen molar-refractivity contribution in [3.63, 3.8) is 0 Å². The molecule has 0 unspecified atom stereocenters. The molecule has 0 amide bonds. The molecule has 1 fully saturated rings. The van der Waals surface area contributed by atoms with Crippen molar-refractivity contribution in [3.05, 3.63) is 29.6 Å². The minimum absolute atomic E-state index is 0.142. The summed E-state index contributed by atoms with van der Waals surface area (Å²) in [5, 5.41) is 9.89. The Balaban J connectivity index is 2.35. The lowest BCUT2D eigenvalue weighted by molar-refractivity contribution is -0.184. The van der Waals surface area contributed by atoms with E-state index < -0.39 is 11.4 Å². The van der Waals surface area contributed by atoms with E-state index in [4.69, 9.17) is 9.47 Å². The number of ether oxygens (including phenoxy) is 2. The molecule has 1 N–H and O–H groups in total. The molecule has 1 aromatic carbocycles. The van der Waals surface area contributed by atoms with Gasteiger partial charge >= 0.3 is 0 Å². The summed E-state index contributed by atoms with van der Waals surface area (Å²) in [6.07, 6.45) is 0. The van der Waals surface area contributed by atoms with Crippen molar-refractivity contribution < 1.29 is 19.0 Å². The Morgan fingerprint density at radius 2 is 2.21 bits per heavy atom. The molecule has 4 heteroatoms. The van der Waals surface area contributed by atoms with Gasteiger partial charge < -0.3 is 14.6 Å². The average Bonchev–Trinajstić information content (AvgIpc) is 2.15. The number of hydrogen-bond donors (Lipinski definition) is 1. The summed E-state index contributed by atoms with van der Waals surface area (Å²) >= 11 is 0. The minimum atomic E-state index is -0.971. The van der Waals surface area contributed by atoms with E-state index in [1.807, 2.05) is 0 Å². The third kappa shape index (κ3) is 1.36. The standard InChI is InChI=1S/C10H11FO3/c1-13-9-4-7(2-3-8(9)11)10(12)5-14-6-10/h2-4,12H,5-6H2,1H3. The van der Waals surface area contributed by atoms with Gasteiger partial charge in [0.25, 0.3) is 0 Å². The normalized spacial score (nSPS) is 18.8. The number of rotatable bonds is 2. The molecular weight excluding hydrogens is 187 g/mol. The van der Waals surface area contributed by atoms with Crippen LogP contribution < -0.4 is 4.74 Å². The van der Waals surface area contributed by atoms with Crippen molar-refractivity contribution in [2.24, 2.45) is 0 Å². The fourth-order valence-corrected chi connectivity index (χ4v) is 1.41. The Labute approximate surface area is 81.1 Å². The van der Waals surface area contributed by atoms with Crippen molar-refractivity contribution >= 4 is 0 Å². The molecule has 0 atom stereocenters. The van der Waals surface area contributed by atoms with E-state index in [-0.39, 0.29) is 19.0 Å². The van der Waals surface area contributed by atoms with Crippen LogP contribution in [0.1, 0.15) is 5.56 Å². The summed E-state index contributed by atoms with van der Waals surface area (Å²) in [5.41, 5.74) is -0.344. The van der Waals surface area contributed by atoms with E-state index in [0.717, 1.165) is 0 Å². The highest BCUT2D eigenvalue weighted by molar-refractivity contribution is 5.34. The van der Waals surface area contributed by atoms with Crippen LogP contribution in [0, 0.1) is 5.82 Å². The zero-order chi connectivity index (χ0) is 10.2. The van der Waals surface area contributed by atoms with E-state index in [9.17, 15) is 9.50 Å². The van der Waals surface area contributed by atoms with Gasteiger partial charge in [0.1, 0.15) is 5.60 Å². The molecular formula is C10H11FO3. The maximum absolute atomic E-state index is 13.0. The molecule has 0 saturated carbocycles. The lowest BCUT2D eigenvalue weighted by atomic mass is 9.92. The number of aliphatic hydroxyl groups is 1. The van der Waals surface area contributed by atoms with Crippen molar-refractivity contribution in [1.82, 2.24) is 0 Å². The van der Waals surface area contributed by atoms with Gasteiger partial charge in [-0.1, -0.05) is 6.07 Å². The molecule has 1 aliphatic rings. The van der Waals surface area contributed by atoms with Crippen molar-refractivity contribution in [2.45, 2.75) is 5.60 Å². The Hall–Kier alpha value is -1.13. The second-order valence-electron chi connectivity index (χ2n) is 3.37. The first-order valence-electron chi connectivity index (χ1n) is 4.30. The lowest BCUT2D eigenvalue weighted by Gasteiger charge is -2.36. The molecule has 0 aliphatic carbocycles. The van der Waals surface area contributed by atoms with Gasteiger partial charge in [-0.25, -0.2) is 4.39 Å². The van der Waals surface area contributed by atoms with Crippen LogP contribution in [0.25, 0.3) is 0 Å². The molecule has 0 bridgehead atoms. The smallest absolute Gasteiger partial charge is 0.165 e. The first kappa shape index (κ1) is 9.43. The van der Waals surface area contributed by atoms with Gasteiger partial charge in [0, 0.05) is 0 Å². The van der Waals surface area contributed by atoms with Gasteiger partial charge in [-0.15, -0.1) is 0 Å². The second-order valence-corrected chi connectivity index (χ2v) is 3.37. The third-order valence-electron chi connectivity index (χ3n) is 2.37. The average molecular weight is 198 g/mol. The van der Waals surface area contributed by atoms with Gasteiger partial charge in [-0.2, -0.15) is 0 Å². The number of benzene rings is 1. The third-order valence-corrected chi connectivity index (χ3v) is 2.37. The molecule has 1 aromatic rings.